The van der Waals surface area contributed by atoms with E-state index in [4.69, 9.17) is 15.3 Å². The third-order valence-corrected chi connectivity index (χ3v) is 3.92. The molecule has 0 aliphatic rings. The van der Waals surface area contributed by atoms with E-state index in [9.17, 15) is 9.59 Å². The Morgan fingerprint density at radius 1 is 0.880 bits per heavy atom. The third kappa shape index (κ3) is 5.60. The molecule has 0 aliphatic heterocycles. The van der Waals surface area contributed by atoms with Crippen LogP contribution in [0.5, 0.6) is 0 Å². The molecule has 3 N–H and O–H groups in total. The van der Waals surface area contributed by atoms with Gasteiger partial charge in [-0.15, -0.1) is 0 Å². The number of aliphatic hydroxyl groups excluding tert-OH is 3. The summed E-state index contributed by atoms with van der Waals surface area (Å²) in [5.74, 6) is 0. The summed E-state index contributed by atoms with van der Waals surface area (Å²) >= 11 is 0. The van der Waals surface area contributed by atoms with Crippen LogP contribution in [0.2, 0.25) is 0 Å². The molecular weight excluding hydrogens is 320 g/mol. The Bertz CT molecular complexity index is 682. The van der Waals surface area contributed by atoms with Crippen LogP contribution in [0.1, 0.15) is 33.2 Å². The van der Waals surface area contributed by atoms with Crippen molar-refractivity contribution in [3.8, 4) is 11.1 Å². The Balaban J connectivity index is 0.000000333. The van der Waals surface area contributed by atoms with E-state index in [1.54, 1.807) is 19.1 Å². The molecule has 0 saturated carbocycles. The number of aryl methyl sites for hydroxylation is 1. The zero-order valence-corrected chi connectivity index (χ0v) is 14.5. The van der Waals surface area contributed by atoms with Crippen molar-refractivity contribution in [1.29, 1.82) is 0 Å². The lowest BCUT2D eigenvalue weighted by atomic mass is 9.95. The van der Waals surface area contributed by atoms with Crippen molar-refractivity contribution in [3.63, 3.8) is 0 Å². The average Bonchev–Trinajstić information content (AvgIpc) is 2.68. The molecule has 0 saturated heterocycles. The maximum atomic E-state index is 11.1. The first kappa shape index (κ1) is 20.7. The minimum Gasteiger partial charge on any atom is -0.396 e. The molecule has 2 aromatic carbocycles. The molecule has 0 amide bonds. The molecule has 0 spiro atoms. The summed E-state index contributed by atoms with van der Waals surface area (Å²) < 4.78 is 0. The second-order valence-corrected chi connectivity index (χ2v) is 6.18. The first-order valence-electron chi connectivity index (χ1n) is 7.87. The van der Waals surface area contributed by atoms with Crippen LogP contribution in [0, 0.1) is 12.3 Å². The maximum absolute atomic E-state index is 11.1. The number of aliphatic hydroxyl groups is 3. The van der Waals surface area contributed by atoms with Gasteiger partial charge < -0.3 is 15.3 Å². The van der Waals surface area contributed by atoms with Crippen LogP contribution in [-0.4, -0.2) is 47.7 Å². The van der Waals surface area contributed by atoms with Crippen molar-refractivity contribution in [3.05, 3.63) is 59.2 Å². The molecule has 2 rings (SSSR count). The standard InChI is InChI=1S/C15H12O2.C5H12O3/c1-11-7-14(10-17)15(8-13(11)9-16)12-5-3-2-4-6-12;1-5(2-6,3-7)4-8/h2-10H,1H3;6-8H,2-4H2,1H3. The van der Waals surface area contributed by atoms with Gasteiger partial charge in [0.15, 0.2) is 6.29 Å². The van der Waals surface area contributed by atoms with Gasteiger partial charge in [0.2, 0.25) is 0 Å². The summed E-state index contributed by atoms with van der Waals surface area (Å²) in [6.07, 6.45) is 1.64. The third-order valence-electron chi connectivity index (χ3n) is 3.92. The molecule has 0 radical (unpaired) electrons. The van der Waals surface area contributed by atoms with Gasteiger partial charge in [-0.05, 0) is 35.7 Å². The van der Waals surface area contributed by atoms with E-state index in [-0.39, 0.29) is 19.8 Å². The first-order valence-corrected chi connectivity index (χ1v) is 7.87. The molecule has 5 heteroatoms. The van der Waals surface area contributed by atoms with Crippen molar-refractivity contribution in [2.75, 3.05) is 19.8 Å². The first-order chi connectivity index (χ1) is 11.9. The van der Waals surface area contributed by atoms with Crippen LogP contribution >= 0.6 is 0 Å². The van der Waals surface area contributed by atoms with Crippen LogP contribution in [0.4, 0.5) is 0 Å². The van der Waals surface area contributed by atoms with Crippen LogP contribution in [0.25, 0.3) is 11.1 Å². The summed E-state index contributed by atoms with van der Waals surface area (Å²) in [5.41, 5.74) is 3.08. The molecule has 2 aromatic rings. The van der Waals surface area contributed by atoms with Crippen molar-refractivity contribution in [2.45, 2.75) is 13.8 Å². The highest BCUT2D eigenvalue weighted by molar-refractivity contribution is 5.91. The van der Waals surface area contributed by atoms with Crippen molar-refractivity contribution in [1.82, 2.24) is 0 Å². The number of carbonyl (C=O) groups is 2. The zero-order chi connectivity index (χ0) is 18.9. The van der Waals surface area contributed by atoms with E-state index in [0.717, 1.165) is 29.3 Å². The summed E-state index contributed by atoms with van der Waals surface area (Å²) in [6.45, 7) is 2.89. The van der Waals surface area contributed by atoms with E-state index >= 15 is 0 Å². The number of rotatable bonds is 6. The van der Waals surface area contributed by atoms with Crippen LogP contribution < -0.4 is 0 Å². The lowest BCUT2D eigenvalue weighted by Crippen LogP contribution is -2.29. The Morgan fingerprint density at radius 2 is 1.40 bits per heavy atom. The van der Waals surface area contributed by atoms with Gasteiger partial charge in [0.05, 0.1) is 19.8 Å². The number of carbonyl (C=O) groups excluding carboxylic acids is 2. The van der Waals surface area contributed by atoms with Crippen molar-refractivity contribution in [2.24, 2.45) is 5.41 Å². The van der Waals surface area contributed by atoms with Gasteiger partial charge in [0, 0.05) is 16.5 Å². The molecule has 0 aromatic heterocycles. The molecule has 0 bridgehead atoms. The molecule has 0 atom stereocenters. The fraction of sp³-hybridized carbons (Fsp3) is 0.300. The molecule has 25 heavy (non-hydrogen) atoms. The van der Waals surface area contributed by atoms with Gasteiger partial charge >= 0.3 is 0 Å². The van der Waals surface area contributed by atoms with E-state index in [1.807, 2.05) is 37.3 Å². The number of benzene rings is 2. The summed E-state index contributed by atoms with van der Waals surface area (Å²) in [4.78, 5) is 22.0. The predicted octanol–water partition coefficient (Wildman–Crippen LogP) is 2.26. The largest absolute Gasteiger partial charge is 0.396 e. The minimum absolute atomic E-state index is 0.181. The van der Waals surface area contributed by atoms with Crippen LogP contribution in [-0.2, 0) is 0 Å². The topological polar surface area (TPSA) is 94.8 Å². The highest BCUT2D eigenvalue weighted by atomic mass is 16.3. The Morgan fingerprint density at radius 3 is 1.80 bits per heavy atom. The highest BCUT2D eigenvalue weighted by Crippen LogP contribution is 2.25. The van der Waals surface area contributed by atoms with E-state index in [2.05, 4.69) is 0 Å². The molecular formula is C20H24O5. The van der Waals surface area contributed by atoms with Crippen LogP contribution in [0.15, 0.2) is 42.5 Å². The number of hydrogen-bond donors (Lipinski definition) is 3. The normalized spacial score (nSPS) is 10.6. The lowest BCUT2D eigenvalue weighted by molar-refractivity contribution is 0.0200. The summed E-state index contributed by atoms with van der Waals surface area (Å²) in [7, 11) is 0. The predicted molar refractivity (Wildman–Crippen MR) is 96.8 cm³/mol. The van der Waals surface area contributed by atoms with Gasteiger partial charge in [0.1, 0.15) is 6.29 Å². The molecule has 134 valence electrons. The average molecular weight is 344 g/mol. The molecule has 0 unspecified atom stereocenters. The lowest BCUT2D eigenvalue weighted by Gasteiger charge is -2.20. The molecule has 0 heterocycles. The quantitative estimate of drug-likeness (QED) is 0.699. The van der Waals surface area contributed by atoms with Gasteiger partial charge in [-0.1, -0.05) is 37.3 Å². The van der Waals surface area contributed by atoms with Crippen molar-refractivity contribution < 1.29 is 24.9 Å². The maximum Gasteiger partial charge on any atom is 0.150 e. The molecule has 0 aliphatic carbocycles. The molecule has 0 fully saturated rings. The monoisotopic (exact) mass is 344 g/mol. The van der Waals surface area contributed by atoms with Gasteiger partial charge in [0.25, 0.3) is 0 Å². The molecule has 5 nitrogen and oxygen atoms in total. The second kappa shape index (κ2) is 9.84. The summed E-state index contributed by atoms with van der Waals surface area (Å²) in [5, 5.41) is 25.4. The summed E-state index contributed by atoms with van der Waals surface area (Å²) in [6, 6.07) is 13.1. The number of hydrogen-bond acceptors (Lipinski definition) is 5. The highest BCUT2D eigenvalue weighted by Gasteiger charge is 2.20. The van der Waals surface area contributed by atoms with Crippen molar-refractivity contribution >= 4 is 12.6 Å². The number of aldehydes is 2. The SMILES string of the molecule is CC(CO)(CO)CO.Cc1cc(C=O)c(-c2ccccc2)cc1C=O. The fourth-order valence-electron chi connectivity index (χ4n) is 1.99. The van der Waals surface area contributed by atoms with Gasteiger partial charge in [-0.25, -0.2) is 0 Å². The smallest absolute Gasteiger partial charge is 0.150 e. The van der Waals surface area contributed by atoms with E-state index < -0.39 is 5.41 Å². The van der Waals surface area contributed by atoms with Gasteiger partial charge in [-0.2, -0.15) is 0 Å². The minimum atomic E-state index is -0.708. The zero-order valence-electron chi connectivity index (χ0n) is 14.5. The fourth-order valence-corrected chi connectivity index (χ4v) is 1.99. The Hall–Kier alpha value is -2.34. The van der Waals surface area contributed by atoms with E-state index in [1.165, 1.54) is 0 Å². The Labute approximate surface area is 147 Å². The second-order valence-electron chi connectivity index (χ2n) is 6.18. The van der Waals surface area contributed by atoms with Gasteiger partial charge in [-0.3, -0.25) is 9.59 Å². The van der Waals surface area contributed by atoms with Crippen LogP contribution in [0.3, 0.4) is 0 Å². The Kier molecular flexibility index (Phi) is 8.15. The van der Waals surface area contributed by atoms with E-state index in [0.29, 0.717) is 11.1 Å².